The van der Waals surface area contributed by atoms with Crippen LogP contribution in [-0.2, 0) is 0 Å². The molecule has 1 aromatic heterocycles. The number of benzene rings is 2. The number of aryl methyl sites for hydroxylation is 1. The van der Waals surface area contributed by atoms with Crippen molar-refractivity contribution in [2.45, 2.75) is 6.92 Å². The zero-order valence-electron chi connectivity index (χ0n) is 9.94. The van der Waals surface area contributed by atoms with E-state index in [0.29, 0.717) is 0 Å². The van der Waals surface area contributed by atoms with E-state index in [0.717, 1.165) is 42.4 Å². The fourth-order valence-corrected chi connectivity index (χ4v) is 3.79. The summed E-state index contributed by atoms with van der Waals surface area (Å²) in [5.41, 5.74) is 3.30. The summed E-state index contributed by atoms with van der Waals surface area (Å²) in [4.78, 5) is 0. The molecule has 0 fully saturated rings. The van der Waals surface area contributed by atoms with E-state index in [4.69, 9.17) is 0 Å². The Morgan fingerprint density at radius 1 is 1.06 bits per heavy atom. The van der Waals surface area contributed by atoms with Gasteiger partial charge in [0.2, 0.25) is 0 Å². The molecule has 1 heterocycles. The number of hydrogen-bond donors (Lipinski definition) is 0. The van der Waals surface area contributed by atoms with Crippen LogP contribution in [0.3, 0.4) is 0 Å². The van der Waals surface area contributed by atoms with Crippen LogP contribution in [-0.4, -0.2) is 30.3 Å². The van der Waals surface area contributed by atoms with E-state index in [1.54, 1.807) is 6.07 Å². The summed E-state index contributed by atoms with van der Waals surface area (Å²) >= 11 is 0.935. The van der Waals surface area contributed by atoms with E-state index < -0.39 is 0 Å². The first kappa shape index (κ1) is 11.9. The van der Waals surface area contributed by atoms with Crippen molar-refractivity contribution in [3.8, 4) is 5.69 Å². The molecule has 1 nitrogen and oxygen atoms in total. The maximum absolute atomic E-state index is 13.4. The van der Waals surface area contributed by atoms with Gasteiger partial charge in [-0.25, -0.2) is 0 Å². The van der Waals surface area contributed by atoms with Gasteiger partial charge in [-0.15, -0.1) is 0 Å². The Morgan fingerprint density at radius 3 is 2.61 bits per heavy atom. The molecule has 3 rings (SSSR count). The van der Waals surface area contributed by atoms with E-state index in [2.05, 4.69) is 29.7 Å². The van der Waals surface area contributed by atoms with Crippen LogP contribution in [0.25, 0.3) is 16.6 Å². The zero-order chi connectivity index (χ0) is 12.7. The van der Waals surface area contributed by atoms with Crippen LogP contribution in [0.5, 0.6) is 0 Å². The molecule has 0 saturated heterocycles. The Labute approximate surface area is 121 Å². The first-order valence-electron chi connectivity index (χ1n) is 5.75. The monoisotopic (exact) mass is 432 g/mol. The molecule has 87 valence electrons. The third-order valence-corrected chi connectivity index (χ3v) is 4.55. The van der Waals surface area contributed by atoms with Crippen molar-refractivity contribution in [2.75, 3.05) is 0 Å². The van der Waals surface area contributed by atoms with Gasteiger partial charge in [-0.1, -0.05) is 0 Å². The number of aromatic nitrogens is 1. The second-order valence-electron chi connectivity index (χ2n) is 4.35. The topological polar surface area (TPSA) is 4.93 Å². The molecule has 0 atom stereocenters. The van der Waals surface area contributed by atoms with E-state index in [1.165, 1.54) is 14.9 Å². The second-order valence-corrected chi connectivity index (χ2v) is 6.35. The van der Waals surface area contributed by atoms with Crippen LogP contribution >= 0.6 is 0 Å². The van der Waals surface area contributed by atoms with Gasteiger partial charge in [0.05, 0.1) is 0 Å². The van der Waals surface area contributed by atoms with E-state index >= 15 is 0 Å². The van der Waals surface area contributed by atoms with Gasteiger partial charge in [0.25, 0.3) is 0 Å². The van der Waals surface area contributed by atoms with Crippen LogP contribution in [0.15, 0.2) is 48.5 Å². The number of rotatable bonds is 1. The fourth-order valence-electron chi connectivity index (χ4n) is 2.25. The van der Waals surface area contributed by atoms with Crippen LogP contribution < -0.4 is 3.25 Å². The Hall–Kier alpha value is -1.17. The molecule has 0 amide bonds. The molecule has 0 spiro atoms. The molecule has 3 heteroatoms. The Kier molecular flexibility index (Phi) is 2.97. The van der Waals surface area contributed by atoms with Crippen molar-refractivity contribution in [1.29, 1.82) is 0 Å². The van der Waals surface area contributed by atoms with Crippen molar-refractivity contribution in [1.82, 2.24) is 4.57 Å². The van der Waals surface area contributed by atoms with Crippen molar-refractivity contribution >= 4 is 39.9 Å². The van der Waals surface area contributed by atoms with Crippen molar-refractivity contribution in [3.63, 3.8) is 0 Å². The number of para-hydroxylation sites is 1. The van der Waals surface area contributed by atoms with Crippen molar-refractivity contribution in [2.24, 2.45) is 0 Å². The third kappa shape index (κ3) is 1.88. The standard InChI is InChI=1S/C15H11FN.Pb/c1-11-4-2-3-5-14(11)17-9-8-12-6-7-13(16)10-15(12)17;/h2-8,10H,1H3;. The molecule has 18 heavy (non-hydrogen) atoms. The molecule has 0 unspecified atom stereocenters. The van der Waals surface area contributed by atoms with Gasteiger partial charge in [0, 0.05) is 0 Å². The third-order valence-electron chi connectivity index (χ3n) is 3.12. The Bertz CT molecular complexity index is 730. The minimum absolute atomic E-state index is 0.183. The quantitative estimate of drug-likeness (QED) is 0.523. The minimum atomic E-state index is -0.183. The van der Waals surface area contributed by atoms with Gasteiger partial charge >= 0.3 is 121 Å². The first-order valence-corrected chi connectivity index (χ1v) is 7.70. The van der Waals surface area contributed by atoms with Crippen LogP contribution in [0.4, 0.5) is 4.39 Å². The average Bonchev–Trinajstić information content (AvgIpc) is 2.66. The fraction of sp³-hybridized carbons (Fsp3) is 0.0667. The molecule has 0 aliphatic carbocycles. The number of halogens is 1. The molecule has 0 N–H and O–H groups in total. The van der Waals surface area contributed by atoms with Crippen LogP contribution in [0.2, 0.25) is 0 Å². The van der Waals surface area contributed by atoms with Crippen molar-refractivity contribution in [3.05, 3.63) is 59.9 Å². The van der Waals surface area contributed by atoms with E-state index in [1.807, 2.05) is 18.2 Å². The molecular formula is C15H11FNPb. The van der Waals surface area contributed by atoms with Crippen LogP contribution in [0, 0.1) is 12.7 Å². The molecule has 0 bridgehead atoms. The van der Waals surface area contributed by atoms with Gasteiger partial charge in [-0.3, -0.25) is 0 Å². The van der Waals surface area contributed by atoms with E-state index in [9.17, 15) is 4.39 Å². The zero-order valence-corrected chi connectivity index (χ0v) is 13.8. The Morgan fingerprint density at radius 2 is 1.83 bits per heavy atom. The summed E-state index contributed by atoms with van der Waals surface area (Å²) in [6.45, 7) is 2.08. The summed E-state index contributed by atoms with van der Waals surface area (Å²) < 4.78 is 16.9. The average molecular weight is 431 g/mol. The summed E-state index contributed by atoms with van der Waals surface area (Å²) in [6.07, 6.45) is 0. The number of hydrogen-bond acceptors (Lipinski definition) is 0. The molecular weight excluding hydrogens is 420 g/mol. The van der Waals surface area contributed by atoms with Gasteiger partial charge in [-0.05, 0) is 0 Å². The van der Waals surface area contributed by atoms with Crippen LogP contribution in [0.1, 0.15) is 5.56 Å². The van der Waals surface area contributed by atoms with Gasteiger partial charge in [-0.2, -0.15) is 0 Å². The van der Waals surface area contributed by atoms with Crippen molar-refractivity contribution < 1.29 is 4.39 Å². The van der Waals surface area contributed by atoms with Gasteiger partial charge in [0.15, 0.2) is 0 Å². The number of fused-ring (bicyclic) bond motifs is 1. The first-order chi connectivity index (χ1) is 8.66. The molecule has 3 aromatic rings. The normalized spacial score (nSPS) is 11.1. The molecule has 0 aliphatic heterocycles. The summed E-state index contributed by atoms with van der Waals surface area (Å²) in [5, 5.41) is 1.10. The maximum atomic E-state index is 13.4. The molecule has 0 saturated carbocycles. The molecule has 3 radical (unpaired) electrons. The molecule has 0 aliphatic rings. The number of nitrogens with zero attached hydrogens (tertiary/aromatic N) is 1. The molecule has 2 aromatic carbocycles. The summed E-state index contributed by atoms with van der Waals surface area (Å²) in [7, 11) is 0. The van der Waals surface area contributed by atoms with Gasteiger partial charge in [0.1, 0.15) is 0 Å². The summed E-state index contributed by atoms with van der Waals surface area (Å²) in [6, 6.07) is 15.3. The van der Waals surface area contributed by atoms with Gasteiger partial charge < -0.3 is 0 Å². The van der Waals surface area contributed by atoms with E-state index in [-0.39, 0.29) is 5.82 Å². The predicted molar refractivity (Wildman–Crippen MR) is 73.4 cm³/mol. The Balaban J connectivity index is 2.38. The summed E-state index contributed by atoms with van der Waals surface area (Å²) in [5.74, 6) is -0.183. The second kappa shape index (κ2) is 4.50. The predicted octanol–water partition coefficient (Wildman–Crippen LogP) is 2.87. The SMILES string of the molecule is Cc1ccccc1-n1[c]([Pb])cc2ccc(F)cc21.